The van der Waals surface area contributed by atoms with E-state index in [4.69, 9.17) is 4.74 Å². The van der Waals surface area contributed by atoms with Crippen LogP contribution in [0, 0.1) is 0 Å². The Morgan fingerprint density at radius 3 is 2.44 bits per heavy atom. The van der Waals surface area contributed by atoms with Gasteiger partial charge in [-0.1, -0.05) is 30.3 Å². The van der Waals surface area contributed by atoms with Crippen molar-refractivity contribution in [3.63, 3.8) is 0 Å². The van der Waals surface area contributed by atoms with Gasteiger partial charge in [0.1, 0.15) is 5.69 Å². The summed E-state index contributed by atoms with van der Waals surface area (Å²) in [5.74, 6) is -0.649. The third kappa shape index (κ3) is 4.17. The van der Waals surface area contributed by atoms with Crippen molar-refractivity contribution in [1.29, 1.82) is 0 Å². The predicted molar refractivity (Wildman–Crippen MR) is 122 cm³/mol. The summed E-state index contributed by atoms with van der Waals surface area (Å²) in [6.07, 6.45) is -3.27. The van der Waals surface area contributed by atoms with E-state index in [1.807, 2.05) is 6.07 Å². The second-order valence-electron chi connectivity index (χ2n) is 7.21. The lowest BCUT2D eigenvalue weighted by atomic mass is 10.0. The average Bonchev–Trinajstić information content (AvgIpc) is 3.22. The molecule has 4 aromatic rings. The van der Waals surface area contributed by atoms with E-state index in [0.717, 1.165) is 18.6 Å². The van der Waals surface area contributed by atoms with Crippen LogP contribution in [-0.4, -0.2) is 26.6 Å². The molecule has 7 nitrogen and oxygen atoms in total. The number of esters is 1. The number of fused-ring (bicyclic) bond motifs is 1. The first-order valence-corrected chi connectivity index (χ1v) is 10.5. The fraction of sp³-hybridized carbons (Fsp3) is 0.130. The van der Waals surface area contributed by atoms with E-state index in [9.17, 15) is 27.6 Å². The van der Waals surface area contributed by atoms with Crippen LogP contribution in [0.2, 0.25) is 0 Å². The molecule has 0 saturated carbocycles. The zero-order valence-electron chi connectivity index (χ0n) is 17.8. The second-order valence-corrected chi connectivity index (χ2v) is 8.02. The number of methoxy groups -OCH3 is 1. The minimum atomic E-state index is -4.86. The van der Waals surface area contributed by atoms with Crippen molar-refractivity contribution in [3.8, 4) is 5.69 Å². The Kier molecular flexibility index (Phi) is 5.96. The number of alkyl halides is 3. The topological polar surface area (TPSA) is 83.2 Å². The van der Waals surface area contributed by atoms with Gasteiger partial charge in [-0.25, -0.2) is 14.2 Å². The van der Waals surface area contributed by atoms with Gasteiger partial charge in [0.2, 0.25) is 0 Å². The molecule has 2 aromatic heterocycles. The summed E-state index contributed by atoms with van der Waals surface area (Å²) in [5, 5.41) is 0.434. The monoisotopic (exact) mass is 487 g/mol. The predicted octanol–water partition coefficient (Wildman–Crippen LogP) is 3.88. The molecule has 0 atom stereocenters. The summed E-state index contributed by atoms with van der Waals surface area (Å²) in [6.45, 7) is 0. The number of carbonyl (C=O) groups is 1. The maximum atomic E-state index is 13.2. The smallest absolute Gasteiger partial charge is 0.431 e. The van der Waals surface area contributed by atoms with Gasteiger partial charge >= 0.3 is 17.8 Å². The number of carbonyl (C=O) groups excluding carboxylic acids is 1. The molecule has 34 heavy (non-hydrogen) atoms. The fourth-order valence-corrected chi connectivity index (χ4v) is 4.21. The van der Waals surface area contributed by atoms with Crippen molar-refractivity contribution in [2.45, 2.75) is 6.18 Å². The standard InChI is InChI=1S/C23H16F3N3O4S/c1-28-18(23(24,25)26)12-19(30)29(22(28)32)14-8-9-17-15(11-14)20(27-34-17)16(21(31)33-2)10-13-6-4-3-5-7-13/h3-12H,1-2H3. The summed E-state index contributed by atoms with van der Waals surface area (Å²) in [5.41, 5.74) is -2.48. The highest BCUT2D eigenvalue weighted by Gasteiger charge is 2.35. The van der Waals surface area contributed by atoms with Crippen LogP contribution in [0.25, 0.3) is 27.4 Å². The Balaban J connectivity index is 1.93. The van der Waals surface area contributed by atoms with Gasteiger partial charge in [0.25, 0.3) is 5.56 Å². The highest BCUT2D eigenvalue weighted by Crippen LogP contribution is 2.31. The molecule has 0 aliphatic carbocycles. The molecular formula is C23H16F3N3O4S. The first-order valence-electron chi connectivity index (χ1n) is 9.77. The lowest BCUT2D eigenvalue weighted by Crippen LogP contribution is -2.40. The number of benzene rings is 2. The van der Waals surface area contributed by atoms with Crippen LogP contribution in [-0.2, 0) is 22.8 Å². The molecular weight excluding hydrogens is 471 g/mol. The van der Waals surface area contributed by atoms with E-state index in [1.165, 1.54) is 19.2 Å². The van der Waals surface area contributed by atoms with Crippen LogP contribution in [0.5, 0.6) is 0 Å². The SMILES string of the molecule is COC(=O)C(=Cc1ccccc1)c1nsc2ccc(-n3c(=O)cc(C(F)(F)F)n(C)c3=O)cc12. The van der Waals surface area contributed by atoms with Gasteiger partial charge in [-0.05, 0) is 41.4 Å². The van der Waals surface area contributed by atoms with Crippen LogP contribution in [0.1, 0.15) is 17.0 Å². The Bertz CT molecular complexity index is 1550. The highest BCUT2D eigenvalue weighted by molar-refractivity contribution is 7.13. The molecule has 2 heterocycles. The minimum absolute atomic E-state index is 0.0391. The third-order valence-corrected chi connectivity index (χ3v) is 5.92. The van der Waals surface area contributed by atoms with Gasteiger partial charge in [0, 0.05) is 18.5 Å². The van der Waals surface area contributed by atoms with Crippen molar-refractivity contribution in [2.24, 2.45) is 7.05 Å². The number of ether oxygens (including phenoxy) is 1. The Morgan fingerprint density at radius 2 is 1.79 bits per heavy atom. The van der Waals surface area contributed by atoms with Crippen molar-refractivity contribution >= 4 is 39.2 Å². The van der Waals surface area contributed by atoms with Crippen LogP contribution >= 0.6 is 11.5 Å². The number of hydrogen-bond donors (Lipinski definition) is 0. The summed E-state index contributed by atoms with van der Waals surface area (Å²) >= 11 is 1.08. The lowest BCUT2D eigenvalue weighted by molar-refractivity contribution is -0.144. The van der Waals surface area contributed by atoms with Crippen molar-refractivity contribution in [3.05, 3.63) is 92.4 Å². The van der Waals surface area contributed by atoms with E-state index in [-0.39, 0.29) is 17.0 Å². The van der Waals surface area contributed by atoms with Crippen molar-refractivity contribution in [2.75, 3.05) is 7.11 Å². The van der Waals surface area contributed by atoms with E-state index in [1.54, 1.807) is 36.4 Å². The lowest BCUT2D eigenvalue weighted by Gasteiger charge is -2.14. The summed E-state index contributed by atoms with van der Waals surface area (Å²) in [7, 11) is 2.17. The number of halogens is 3. The fourth-order valence-electron chi connectivity index (χ4n) is 3.45. The molecule has 0 unspecified atom stereocenters. The minimum Gasteiger partial charge on any atom is -0.465 e. The zero-order valence-corrected chi connectivity index (χ0v) is 18.6. The summed E-state index contributed by atoms with van der Waals surface area (Å²) < 4.78 is 50.4. The van der Waals surface area contributed by atoms with Crippen LogP contribution in [0.3, 0.4) is 0 Å². The molecule has 11 heteroatoms. The van der Waals surface area contributed by atoms with Gasteiger partial charge in [-0.15, -0.1) is 0 Å². The first-order chi connectivity index (χ1) is 16.1. The Hall–Kier alpha value is -3.99. The second kappa shape index (κ2) is 8.75. The molecule has 0 bridgehead atoms. The van der Waals surface area contributed by atoms with Crippen LogP contribution in [0.4, 0.5) is 13.2 Å². The molecule has 0 fully saturated rings. The molecule has 0 aliphatic heterocycles. The van der Waals surface area contributed by atoms with E-state index < -0.39 is 29.1 Å². The number of aromatic nitrogens is 3. The largest absolute Gasteiger partial charge is 0.465 e. The molecule has 0 N–H and O–H groups in total. The molecule has 0 saturated heterocycles. The van der Waals surface area contributed by atoms with Gasteiger partial charge in [-0.2, -0.15) is 17.5 Å². The van der Waals surface area contributed by atoms with Gasteiger partial charge in [-0.3, -0.25) is 9.36 Å². The van der Waals surface area contributed by atoms with Gasteiger partial charge in [0.15, 0.2) is 0 Å². The number of rotatable bonds is 4. The molecule has 174 valence electrons. The molecule has 4 rings (SSSR count). The average molecular weight is 487 g/mol. The maximum Gasteiger partial charge on any atom is 0.431 e. The molecule has 2 aromatic carbocycles. The number of nitrogens with zero attached hydrogens (tertiary/aromatic N) is 3. The molecule has 0 radical (unpaired) electrons. The maximum absolute atomic E-state index is 13.2. The molecule has 0 spiro atoms. The van der Waals surface area contributed by atoms with Gasteiger partial charge in [0.05, 0.1) is 28.8 Å². The van der Waals surface area contributed by atoms with Crippen LogP contribution < -0.4 is 11.2 Å². The van der Waals surface area contributed by atoms with E-state index in [0.29, 0.717) is 30.9 Å². The first kappa shape index (κ1) is 23.2. The third-order valence-electron chi connectivity index (χ3n) is 5.09. The quantitative estimate of drug-likeness (QED) is 0.322. The van der Waals surface area contributed by atoms with Crippen molar-refractivity contribution < 1.29 is 22.7 Å². The zero-order chi connectivity index (χ0) is 24.6. The van der Waals surface area contributed by atoms with Crippen molar-refractivity contribution in [1.82, 2.24) is 13.5 Å². The number of hydrogen-bond acceptors (Lipinski definition) is 6. The van der Waals surface area contributed by atoms with Crippen LogP contribution in [0.15, 0.2) is 64.2 Å². The van der Waals surface area contributed by atoms with Gasteiger partial charge < -0.3 is 4.74 Å². The highest BCUT2D eigenvalue weighted by atomic mass is 32.1. The normalized spacial score (nSPS) is 12.2. The molecule has 0 aliphatic rings. The Labute approximate surface area is 194 Å². The van der Waals surface area contributed by atoms with E-state index in [2.05, 4.69) is 4.37 Å². The Morgan fingerprint density at radius 1 is 1.09 bits per heavy atom. The van der Waals surface area contributed by atoms with E-state index >= 15 is 0 Å². The summed E-state index contributed by atoms with van der Waals surface area (Å²) in [6, 6.07) is 13.8. The molecule has 0 amide bonds. The summed E-state index contributed by atoms with van der Waals surface area (Å²) in [4.78, 5) is 37.7.